The summed E-state index contributed by atoms with van der Waals surface area (Å²) in [6.45, 7) is 3.89. The van der Waals surface area contributed by atoms with Gasteiger partial charge in [-0.15, -0.1) is 11.6 Å². The quantitative estimate of drug-likeness (QED) is 0.656. The first-order valence-electron chi connectivity index (χ1n) is 4.06. The van der Waals surface area contributed by atoms with Crippen LogP contribution in [0.4, 0.5) is 0 Å². The molecule has 0 spiro atoms. The Kier molecular flexibility index (Phi) is 3.42. The summed E-state index contributed by atoms with van der Waals surface area (Å²) in [5.74, 6) is 0.873. The van der Waals surface area contributed by atoms with E-state index in [-0.39, 0.29) is 11.5 Å². The molecule has 0 aliphatic rings. The lowest BCUT2D eigenvalue weighted by atomic mass is 10.3. The molecule has 0 fully saturated rings. The molecule has 0 saturated heterocycles. The molecule has 2 heteroatoms. The fraction of sp³-hybridized carbons (Fsp3) is 0.400. The Balaban J connectivity index is 2.53. The number of hydrogen-bond acceptors (Lipinski definition) is 1. The van der Waals surface area contributed by atoms with Crippen LogP contribution in [0, 0.1) is 0 Å². The van der Waals surface area contributed by atoms with Crippen molar-refractivity contribution in [1.82, 2.24) is 0 Å². The van der Waals surface area contributed by atoms with Crippen molar-refractivity contribution >= 4 is 11.6 Å². The Hall–Kier alpha value is -0.690. The molecule has 0 aromatic heterocycles. The first-order chi connectivity index (χ1) is 5.70. The van der Waals surface area contributed by atoms with Gasteiger partial charge in [-0.25, -0.2) is 0 Å². The van der Waals surface area contributed by atoms with Crippen LogP contribution in [0.1, 0.15) is 13.8 Å². The summed E-state index contributed by atoms with van der Waals surface area (Å²) in [7, 11) is 0. The number of ether oxygens (including phenoxy) is 1. The largest absolute Gasteiger partial charge is 0.489 e. The van der Waals surface area contributed by atoms with Crippen LogP contribution in [0.15, 0.2) is 30.3 Å². The van der Waals surface area contributed by atoms with E-state index < -0.39 is 0 Å². The van der Waals surface area contributed by atoms with E-state index in [9.17, 15) is 0 Å². The Morgan fingerprint density at radius 3 is 2.25 bits per heavy atom. The van der Waals surface area contributed by atoms with Gasteiger partial charge in [0.25, 0.3) is 0 Å². The highest BCUT2D eigenvalue weighted by atomic mass is 35.5. The van der Waals surface area contributed by atoms with Crippen LogP contribution in [-0.2, 0) is 0 Å². The first-order valence-corrected chi connectivity index (χ1v) is 4.49. The van der Waals surface area contributed by atoms with Crippen molar-refractivity contribution in [1.29, 1.82) is 0 Å². The number of para-hydroxylation sites is 1. The van der Waals surface area contributed by atoms with Gasteiger partial charge < -0.3 is 4.74 Å². The van der Waals surface area contributed by atoms with Gasteiger partial charge in [0, 0.05) is 0 Å². The molecule has 66 valence electrons. The zero-order chi connectivity index (χ0) is 8.97. The summed E-state index contributed by atoms with van der Waals surface area (Å²) < 4.78 is 5.54. The summed E-state index contributed by atoms with van der Waals surface area (Å²) in [5, 5.41) is 0.0326. The number of halogens is 1. The number of benzene rings is 1. The standard InChI is InChI=1S/C10H13ClO/c1-8(11)9(2)12-10-6-4-3-5-7-10/h3-9H,1-2H3/t8?,9-/m1/s1. The minimum Gasteiger partial charge on any atom is -0.489 e. The third-order valence-electron chi connectivity index (χ3n) is 1.71. The van der Waals surface area contributed by atoms with E-state index in [1.807, 2.05) is 44.2 Å². The maximum absolute atomic E-state index is 5.85. The second kappa shape index (κ2) is 4.36. The minimum atomic E-state index is 0.0326. The van der Waals surface area contributed by atoms with Crippen molar-refractivity contribution in [3.8, 4) is 5.75 Å². The molecule has 0 radical (unpaired) electrons. The Morgan fingerprint density at radius 2 is 1.75 bits per heavy atom. The lowest BCUT2D eigenvalue weighted by molar-refractivity contribution is 0.221. The van der Waals surface area contributed by atoms with Gasteiger partial charge in [0.15, 0.2) is 0 Å². The number of rotatable bonds is 3. The fourth-order valence-corrected chi connectivity index (χ4v) is 0.859. The molecule has 1 rings (SSSR count). The molecule has 2 atom stereocenters. The predicted molar refractivity (Wildman–Crippen MR) is 51.8 cm³/mol. The van der Waals surface area contributed by atoms with E-state index in [4.69, 9.17) is 16.3 Å². The molecular weight excluding hydrogens is 172 g/mol. The van der Waals surface area contributed by atoms with Crippen LogP contribution in [0.25, 0.3) is 0 Å². The van der Waals surface area contributed by atoms with Crippen molar-refractivity contribution in [3.63, 3.8) is 0 Å². The monoisotopic (exact) mass is 184 g/mol. The third kappa shape index (κ3) is 2.74. The van der Waals surface area contributed by atoms with Gasteiger partial charge in [-0.3, -0.25) is 0 Å². The molecular formula is C10H13ClO. The SMILES string of the molecule is CC(Cl)[C@@H](C)Oc1ccccc1. The summed E-state index contributed by atoms with van der Waals surface area (Å²) >= 11 is 5.85. The van der Waals surface area contributed by atoms with Crippen LogP contribution in [0.2, 0.25) is 0 Å². The van der Waals surface area contributed by atoms with Crippen molar-refractivity contribution in [3.05, 3.63) is 30.3 Å². The van der Waals surface area contributed by atoms with Gasteiger partial charge in [0.05, 0.1) is 5.38 Å². The first kappa shape index (κ1) is 9.40. The lowest BCUT2D eigenvalue weighted by Crippen LogP contribution is -2.21. The topological polar surface area (TPSA) is 9.23 Å². The van der Waals surface area contributed by atoms with Gasteiger partial charge in [0.1, 0.15) is 11.9 Å². The van der Waals surface area contributed by atoms with Gasteiger partial charge in [-0.2, -0.15) is 0 Å². The molecule has 0 bridgehead atoms. The number of alkyl halides is 1. The van der Waals surface area contributed by atoms with E-state index in [0.717, 1.165) is 5.75 Å². The van der Waals surface area contributed by atoms with Crippen LogP contribution in [0.3, 0.4) is 0 Å². The second-order valence-electron chi connectivity index (χ2n) is 2.81. The summed E-state index contributed by atoms with van der Waals surface area (Å²) in [6.07, 6.45) is 0.0501. The predicted octanol–water partition coefficient (Wildman–Crippen LogP) is 3.08. The molecule has 0 N–H and O–H groups in total. The summed E-state index contributed by atoms with van der Waals surface area (Å²) in [5.41, 5.74) is 0. The van der Waals surface area contributed by atoms with Gasteiger partial charge in [-0.05, 0) is 26.0 Å². The molecule has 12 heavy (non-hydrogen) atoms. The van der Waals surface area contributed by atoms with E-state index in [1.165, 1.54) is 0 Å². The number of hydrogen-bond donors (Lipinski definition) is 0. The molecule has 0 saturated carbocycles. The van der Waals surface area contributed by atoms with Crippen LogP contribution in [-0.4, -0.2) is 11.5 Å². The van der Waals surface area contributed by atoms with Crippen LogP contribution < -0.4 is 4.74 Å². The average Bonchev–Trinajstić information content (AvgIpc) is 2.06. The lowest BCUT2D eigenvalue weighted by Gasteiger charge is -2.16. The highest BCUT2D eigenvalue weighted by Crippen LogP contribution is 2.14. The Bertz CT molecular complexity index is 221. The average molecular weight is 185 g/mol. The smallest absolute Gasteiger partial charge is 0.119 e. The van der Waals surface area contributed by atoms with E-state index in [0.29, 0.717) is 0 Å². The Labute approximate surface area is 78.3 Å². The van der Waals surface area contributed by atoms with Crippen molar-refractivity contribution in [2.75, 3.05) is 0 Å². The van der Waals surface area contributed by atoms with Crippen LogP contribution in [0.5, 0.6) is 5.75 Å². The van der Waals surface area contributed by atoms with Gasteiger partial charge >= 0.3 is 0 Å². The molecule has 0 aliphatic heterocycles. The zero-order valence-electron chi connectivity index (χ0n) is 7.33. The molecule has 0 heterocycles. The second-order valence-corrected chi connectivity index (χ2v) is 3.50. The maximum atomic E-state index is 5.85. The Morgan fingerprint density at radius 1 is 1.17 bits per heavy atom. The molecule has 1 aromatic rings. The van der Waals surface area contributed by atoms with Gasteiger partial charge in [0.2, 0.25) is 0 Å². The molecule has 1 aromatic carbocycles. The fourth-order valence-electron chi connectivity index (χ4n) is 0.807. The van der Waals surface area contributed by atoms with E-state index in [2.05, 4.69) is 0 Å². The summed E-state index contributed by atoms with van der Waals surface area (Å²) in [4.78, 5) is 0. The van der Waals surface area contributed by atoms with E-state index >= 15 is 0 Å². The zero-order valence-corrected chi connectivity index (χ0v) is 8.08. The highest BCUT2D eigenvalue weighted by molar-refractivity contribution is 6.20. The molecule has 1 nitrogen and oxygen atoms in total. The molecule has 0 aliphatic carbocycles. The van der Waals surface area contributed by atoms with Crippen molar-refractivity contribution in [2.24, 2.45) is 0 Å². The van der Waals surface area contributed by atoms with Crippen molar-refractivity contribution in [2.45, 2.75) is 25.3 Å². The normalized spacial score (nSPS) is 15.2. The van der Waals surface area contributed by atoms with Gasteiger partial charge in [-0.1, -0.05) is 18.2 Å². The summed E-state index contributed by atoms with van der Waals surface area (Å²) in [6, 6.07) is 9.70. The maximum Gasteiger partial charge on any atom is 0.119 e. The minimum absolute atomic E-state index is 0.0326. The highest BCUT2D eigenvalue weighted by Gasteiger charge is 2.09. The third-order valence-corrected chi connectivity index (χ3v) is 2.07. The van der Waals surface area contributed by atoms with Crippen molar-refractivity contribution < 1.29 is 4.74 Å². The van der Waals surface area contributed by atoms with E-state index in [1.54, 1.807) is 0 Å². The van der Waals surface area contributed by atoms with Crippen LogP contribution >= 0.6 is 11.6 Å². The molecule has 1 unspecified atom stereocenters. The molecule has 0 amide bonds.